The Hall–Kier alpha value is -0.150. The first-order chi connectivity index (χ1) is 8.75. The third-order valence-corrected chi connectivity index (χ3v) is 5.01. The molecule has 0 amide bonds. The predicted molar refractivity (Wildman–Crippen MR) is 83.6 cm³/mol. The van der Waals surface area contributed by atoms with Crippen molar-refractivity contribution < 1.29 is 4.79 Å². The van der Waals surface area contributed by atoms with E-state index >= 15 is 0 Å². The standard InChI is InChI=1S/C15H23BrOS/c1-2-3-4-5-6-7-8-9-10-14(17)15-13(16)11-12-18-15/h11-12H,2-10H2,1H3. The third kappa shape index (κ3) is 6.14. The number of hydrogen-bond acceptors (Lipinski definition) is 2. The van der Waals surface area contributed by atoms with Crippen molar-refractivity contribution in [3.05, 3.63) is 20.8 Å². The minimum atomic E-state index is 0.294. The zero-order valence-electron chi connectivity index (χ0n) is 11.2. The van der Waals surface area contributed by atoms with Crippen LogP contribution in [0.4, 0.5) is 0 Å². The molecule has 1 aromatic heterocycles. The van der Waals surface area contributed by atoms with Crippen molar-refractivity contribution in [3.63, 3.8) is 0 Å². The van der Waals surface area contributed by atoms with E-state index in [9.17, 15) is 4.79 Å². The van der Waals surface area contributed by atoms with Crippen molar-refractivity contribution in [2.45, 2.75) is 64.7 Å². The summed E-state index contributed by atoms with van der Waals surface area (Å²) in [7, 11) is 0. The summed E-state index contributed by atoms with van der Waals surface area (Å²) in [5.41, 5.74) is 0. The highest BCUT2D eigenvalue weighted by molar-refractivity contribution is 9.10. The van der Waals surface area contributed by atoms with Gasteiger partial charge in [-0.05, 0) is 33.8 Å². The Balaban J connectivity index is 2.01. The summed E-state index contributed by atoms with van der Waals surface area (Å²) in [6, 6.07) is 1.95. The van der Waals surface area contributed by atoms with Crippen LogP contribution in [0.25, 0.3) is 0 Å². The predicted octanol–water partition coefficient (Wildman–Crippen LogP) is 6.22. The highest BCUT2D eigenvalue weighted by Gasteiger charge is 2.10. The topological polar surface area (TPSA) is 17.1 Å². The lowest BCUT2D eigenvalue weighted by molar-refractivity contribution is 0.0982. The molecule has 0 atom stereocenters. The number of rotatable bonds is 10. The fourth-order valence-corrected chi connectivity index (χ4v) is 3.59. The van der Waals surface area contributed by atoms with Crippen LogP contribution >= 0.6 is 27.3 Å². The second kappa shape index (κ2) is 9.74. The molecule has 0 unspecified atom stereocenters. The van der Waals surface area contributed by atoms with Gasteiger partial charge in [0, 0.05) is 10.9 Å². The van der Waals surface area contributed by atoms with Crippen molar-refractivity contribution in [1.29, 1.82) is 0 Å². The normalized spacial score (nSPS) is 10.8. The number of thiophene rings is 1. The molecule has 3 heteroatoms. The van der Waals surface area contributed by atoms with Crippen LogP contribution in [0.2, 0.25) is 0 Å². The van der Waals surface area contributed by atoms with E-state index in [1.165, 1.54) is 56.3 Å². The average molecular weight is 331 g/mol. The van der Waals surface area contributed by atoms with Gasteiger partial charge in [0.25, 0.3) is 0 Å². The van der Waals surface area contributed by atoms with Gasteiger partial charge in [-0.25, -0.2) is 0 Å². The Kier molecular flexibility index (Phi) is 8.60. The summed E-state index contributed by atoms with van der Waals surface area (Å²) in [5.74, 6) is 0.294. The number of carbonyl (C=O) groups excluding carboxylic acids is 1. The molecular weight excluding hydrogens is 308 g/mol. The van der Waals surface area contributed by atoms with Crippen LogP contribution in [0, 0.1) is 0 Å². The lowest BCUT2D eigenvalue weighted by Gasteiger charge is -2.01. The molecule has 0 bridgehead atoms. The second-order valence-corrected chi connectivity index (χ2v) is 6.52. The van der Waals surface area contributed by atoms with Crippen LogP contribution in [0.1, 0.15) is 74.4 Å². The molecule has 0 aliphatic heterocycles. The Bertz CT molecular complexity index is 346. The van der Waals surface area contributed by atoms with Crippen LogP contribution in [0.15, 0.2) is 15.9 Å². The third-order valence-electron chi connectivity index (χ3n) is 3.13. The largest absolute Gasteiger partial charge is 0.293 e. The van der Waals surface area contributed by atoms with Crippen LogP contribution in [-0.4, -0.2) is 5.78 Å². The molecule has 0 radical (unpaired) electrons. The summed E-state index contributed by atoms with van der Waals surface area (Å²) in [5, 5.41) is 1.96. The van der Waals surface area contributed by atoms with E-state index in [2.05, 4.69) is 22.9 Å². The molecule has 0 saturated carbocycles. The number of Topliss-reactive ketones (excluding diaryl/α,β-unsaturated/α-hetero) is 1. The minimum Gasteiger partial charge on any atom is -0.293 e. The van der Waals surface area contributed by atoms with E-state index < -0.39 is 0 Å². The molecule has 18 heavy (non-hydrogen) atoms. The molecule has 102 valence electrons. The van der Waals surface area contributed by atoms with E-state index in [-0.39, 0.29) is 0 Å². The van der Waals surface area contributed by atoms with Gasteiger partial charge in [-0.3, -0.25) is 4.79 Å². The fourth-order valence-electron chi connectivity index (χ4n) is 2.03. The first-order valence-corrected chi connectivity index (χ1v) is 8.69. The molecule has 1 nitrogen and oxygen atoms in total. The van der Waals surface area contributed by atoms with Gasteiger partial charge in [-0.2, -0.15) is 0 Å². The maximum Gasteiger partial charge on any atom is 0.173 e. The summed E-state index contributed by atoms with van der Waals surface area (Å²) in [6.45, 7) is 2.24. The van der Waals surface area contributed by atoms with Gasteiger partial charge in [0.05, 0.1) is 4.88 Å². The molecule has 0 aromatic carbocycles. The Morgan fingerprint density at radius 3 is 2.28 bits per heavy atom. The molecule has 1 rings (SSSR count). The minimum absolute atomic E-state index is 0.294. The van der Waals surface area contributed by atoms with Crippen molar-refractivity contribution in [1.82, 2.24) is 0 Å². The van der Waals surface area contributed by atoms with Gasteiger partial charge in [0.15, 0.2) is 5.78 Å². The maximum absolute atomic E-state index is 11.9. The monoisotopic (exact) mass is 330 g/mol. The first-order valence-electron chi connectivity index (χ1n) is 7.02. The van der Waals surface area contributed by atoms with E-state index in [1.54, 1.807) is 0 Å². The Labute approximate surface area is 123 Å². The molecule has 1 heterocycles. The number of carbonyl (C=O) groups is 1. The van der Waals surface area contributed by atoms with Gasteiger partial charge >= 0.3 is 0 Å². The van der Waals surface area contributed by atoms with Gasteiger partial charge in [0.1, 0.15) is 0 Å². The van der Waals surface area contributed by atoms with E-state index in [4.69, 9.17) is 0 Å². The van der Waals surface area contributed by atoms with Crippen molar-refractivity contribution >= 4 is 33.0 Å². The summed E-state index contributed by atoms with van der Waals surface area (Å²) in [4.78, 5) is 12.8. The Morgan fingerprint density at radius 1 is 1.11 bits per heavy atom. The van der Waals surface area contributed by atoms with Gasteiger partial charge in [-0.1, -0.05) is 51.9 Å². The van der Waals surface area contributed by atoms with Gasteiger partial charge < -0.3 is 0 Å². The maximum atomic E-state index is 11.9. The summed E-state index contributed by atoms with van der Waals surface area (Å²) in [6.07, 6.45) is 11.0. The van der Waals surface area contributed by atoms with Gasteiger partial charge in [-0.15, -0.1) is 11.3 Å². The first kappa shape index (κ1) is 15.9. The number of unbranched alkanes of at least 4 members (excludes halogenated alkanes) is 7. The molecule has 0 aliphatic carbocycles. The van der Waals surface area contributed by atoms with Crippen molar-refractivity contribution in [2.75, 3.05) is 0 Å². The van der Waals surface area contributed by atoms with Gasteiger partial charge in [0.2, 0.25) is 0 Å². The smallest absolute Gasteiger partial charge is 0.173 e. The Morgan fingerprint density at radius 2 is 1.72 bits per heavy atom. The second-order valence-electron chi connectivity index (χ2n) is 4.75. The zero-order chi connectivity index (χ0) is 13.2. The zero-order valence-corrected chi connectivity index (χ0v) is 13.6. The van der Waals surface area contributed by atoms with E-state index in [1.807, 2.05) is 11.4 Å². The van der Waals surface area contributed by atoms with Crippen LogP contribution < -0.4 is 0 Å². The summed E-state index contributed by atoms with van der Waals surface area (Å²) < 4.78 is 0.956. The molecule has 0 fully saturated rings. The lowest BCUT2D eigenvalue weighted by atomic mass is 10.1. The molecule has 1 aromatic rings. The highest BCUT2D eigenvalue weighted by atomic mass is 79.9. The fraction of sp³-hybridized carbons (Fsp3) is 0.667. The lowest BCUT2D eigenvalue weighted by Crippen LogP contribution is -1.96. The molecule has 0 saturated heterocycles. The summed E-state index contributed by atoms with van der Waals surface area (Å²) >= 11 is 4.95. The average Bonchev–Trinajstić information content (AvgIpc) is 2.79. The molecular formula is C15H23BrOS. The van der Waals surface area contributed by atoms with Crippen LogP contribution in [0.5, 0.6) is 0 Å². The quantitative estimate of drug-likeness (QED) is 0.367. The molecule has 0 spiro atoms. The van der Waals surface area contributed by atoms with Crippen LogP contribution in [0.3, 0.4) is 0 Å². The van der Waals surface area contributed by atoms with E-state index in [0.29, 0.717) is 12.2 Å². The SMILES string of the molecule is CCCCCCCCCCC(=O)c1sccc1Br. The van der Waals surface area contributed by atoms with Crippen LogP contribution in [-0.2, 0) is 0 Å². The number of ketones is 1. The van der Waals surface area contributed by atoms with E-state index in [0.717, 1.165) is 15.8 Å². The number of hydrogen-bond donors (Lipinski definition) is 0. The number of halogens is 1. The molecule has 0 aliphatic rings. The molecule has 0 N–H and O–H groups in total. The highest BCUT2D eigenvalue weighted by Crippen LogP contribution is 2.24. The van der Waals surface area contributed by atoms with Crippen molar-refractivity contribution in [3.8, 4) is 0 Å². The van der Waals surface area contributed by atoms with Crippen molar-refractivity contribution in [2.24, 2.45) is 0 Å².